The maximum atomic E-state index is 13.7. The Balaban J connectivity index is 2.50. The van der Waals surface area contributed by atoms with Gasteiger partial charge < -0.3 is 10.4 Å². The van der Waals surface area contributed by atoms with E-state index < -0.39 is 28.0 Å². The van der Waals surface area contributed by atoms with Crippen molar-refractivity contribution in [2.75, 3.05) is 5.32 Å². The smallest absolute Gasteiger partial charge is 0.338 e. The number of aryl methyl sites for hydroxylation is 1. The number of nitrogens with one attached hydrogen (secondary N) is 1. The van der Waals surface area contributed by atoms with Gasteiger partial charge in [0.1, 0.15) is 17.1 Å². The van der Waals surface area contributed by atoms with Crippen molar-refractivity contribution >= 4 is 23.0 Å². The molecule has 0 saturated carbocycles. The molecule has 0 aliphatic heterocycles. The van der Waals surface area contributed by atoms with Crippen molar-refractivity contribution in [1.82, 2.24) is 0 Å². The van der Waals surface area contributed by atoms with E-state index in [0.717, 1.165) is 11.6 Å². The lowest BCUT2D eigenvalue weighted by Gasteiger charge is -2.09. The first-order chi connectivity index (χ1) is 9.88. The normalized spacial score (nSPS) is 10.2. The van der Waals surface area contributed by atoms with Crippen molar-refractivity contribution in [1.29, 1.82) is 0 Å². The number of hydrogen-bond donors (Lipinski definition) is 2. The summed E-state index contributed by atoms with van der Waals surface area (Å²) in [7, 11) is 0. The second-order valence-electron chi connectivity index (χ2n) is 4.41. The number of rotatable bonds is 4. The van der Waals surface area contributed by atoms with E-state index in [2.05, 4.69) is 5.32 Å². The second-order valence-corrected chi connectivity index (χ2v) is 4.41. The summed E-state index contributed by atoms with van der Waals surface area (Å²) in [5.41, 5.74) is 0.116. The minimum atomic E-state index is -1.56. The lowest BCUT2D eigenvalue weighted by atomic mass is 10.1. The summed E-state index contributed by atoms with van der Waals surface area (Å²) in [6.45, 7) is 1.84. The lowest BCUT2D eigenvalue weighted by Crippen LogP contribution is -2.05. The van der Waals surface area contributed by atoms with Gasteiger partial charge in [-0.1, -0.05) is 12.1 Å². The van der Waals surface area contributed by atoms with Gasteiger partial charge in [0.25, 0.3) is 5.69 Å². The molecule has 0 spiro atoms. The van der Waals surface area contributed by atoms with Crippen molar-refractivity contribution in [2.45, 2.75) is 6.92 Å². The van der Waals surface area contributed by atoms with E-state index in [-0.39, 0.29) is 5.69 Å². The lowest BCUT2D eigenvalue weighted by molar-refractivity contribution is -0.384. The molecule has 0 saturated heterocycles. The predicted octanol–water partition coefficient (Wildman–Crippen LogP) is 3.48. The molecule has 2 N–H and O–H groups in total. The van der Waals surface area contributed by atoms with Crippen LogP contribution in [0.3, 0.4) is 0 Å². The number of benzene rings is 2. The number of nitro groups is 1. The number of halogens is 1. The summed E-state index contributed by atoms with van der Waals surface area (Å²) < 4.78 is 13.7. The van der Waals surface area contributed by atoms with Crippen molar-refractivity contribution < 1.29 is 19.2 Å². The number of hydrogen-bond acceptors (Lipinski definition) is 4. The first kappa shape index (κ1) is 14.4. The van der Waals surface area contributed by atoms with Crippen LogP contribution >= 0.6 is 0 Å². The molecule has 0 aliphatic carbocycles. The number of aromatic carboxylic acids is 1. The Morgan fingerprint density at radius 1 is 1.33 bits per heavy atom. The average Bonchev–Trinajstić information content (AvgIpc) is 2.37. The van der Waals surface area contributed by atoms with Gasteiger partial charge in [-0.05, 0) is 24.6 Å². The molecule has 0 unspecified atom stereocenters. The summed E-state index contributed by atoms with van der Waals surface area (Å²) in [5.74, 6) is -2.60. The van der Waals surface area contributed by atoms with Crippen molar-refractivity contribution in [3.8, 4) is 0 Å². The first-order valence-corrected chi connectivity index (χ1v) is 5.93. The largest absolute Gasteiger partial charge is 0.478 e. The van der Waals surface area contributed by atoms with E-state index in [0.29, 0.717) is 11.8 Å². The van der Waals surface area contributed by atoms with Crippen LogP contribution in [-0.4, -0.2) is 16.0 Å². The number of carboxylic acid groups (broad SMARTS) is 1. The molecule has 7 heteroatoms. The van der Waals surface area contributed by atoms with Crippen LogP contribution in [0.15, 0.2) is 36.4 Å². The standard InChI is InChI=1S/C14H11FN2O4/c1-8-3-2-4-9(5-8)16-12-7-11(15)10(14(18)19)6-13(12)17(20)21/h2-7,16H,1H3,(H,18,19). The SMILES string of the molecule is Cc1cccc(Nc2cc(F)c(C(=O)O)cc2[N+](=O)[O-])c1. The van der Waals surface area contributed by atoms with Crippen molar-refractivity contribution in [3.63, 3.8) is 0 Å². The molecular weight excluding hydrogens is 279 g/mol. The first-order valence-electron chi connectivity index (χ1n) is 5.93. The zero-order valence-corrected chi connectivity index (χ0v) is 11.0. The molecule has 0 amide bonds. The maximum Gasteiger partial charge on any atom is 0.338 e. The fourth-order valence-electron chi connectivity index (χ4n) is 1.86. The third kappa shape index (κ3) is 3.14. The molecule has 2 aromatic rings. The molecule has 0 bridgehead atoms. The van der Waals surface area contributed by atoms with Gasteiger partial charge in [-0.2, -0.15) is 0 Å². The topological polar surface area (TPSA) is 92.5 Å². The van der Waals surface area contributed by atoms with Gasteiger partial charge in [-0.15, -0.1) is 0 Å². The highest BCUT2D eigenvalue weighted by molar-refractivity contribution is 5.90. The summed E-state index contributed by atoms with van der Waals surface area (Å²) in [4.78, 5) is 21.1. The van der Waals surface area contributed by atoms with Crippen LogP contribution in [0.4, 0.5) is 21.5 Å². The van der Waals surface area contributed by atoms with Gasteiger partial charge in [0, 0.05) is 17.8 Å². The highest BCUT2D eigenvalue weighted by Gasteiger charge is 2.22. The van der Waals surface area contributed by atoms with Gasteiger partial charge in [0.2, 0.25) is 0 Å². The zero-order chi connectivity index (χ0) is 15.6. The summed E-state index contributed by atoms with van der Waals surface area (Å²) in [6, 6.07) is 8.49. The van der Waals surface area contributed by atoms with Crippen LogP contribution in [0, 0.1) is 22.9 Å². The number of nitro benzene ring substituents is 1. The predicted molar refractivity (Wildman–Crippen MR) is 74.5 cm³/mol. The highest BCUT2D eigenvalue weighted by Crippen LogP contribution is 2.30. The molecule has 2 rings (SSSR count). The van der Waals surface area contributed by atoms with Crippen molar-refractivity contribution in [3.05, 3.63) is 63.5 Å². The molecule has 2 aromatic carbocycles. The molecule has 6 nitrogen and oxygen atoms in total. The second kappa shape index (κ2) is 5.58. The van der Waals surface area contributed by atoms with Gasteiger partial charge in [-0.3, -0.25) is 10.1 Å². The van der Waals surface area contributed by atoms with E-state index in [1.165, 1.54) is 0 Å². The average molecular weight is 290 g/mol. The van der Waals surface area contributed by atoms with E-state index in [9.17, 15) is 19.3 Å². The Bertz CT molecular complexity index is 731. The number of carbonyl (C=O) groups is 1. The molecule has 21 heavy (non-hydrogen) atoms. The fraction of sp³-hybridized carbons (Fsp3) is 0.0714. The van der Waals surface area contributed by atoms with E-state index in [4.69, 9.17) is 5.11 Å². The van der Waals surface area contributed by atoms with Gasteiger partial charge in [-0.25, -0.2) is 9.18 Å². The van der Waals surface area contributed by atoms with Crippen LogP contribution in [0.1, 0.15) is 15.9 Å². The Morgan fingerprint density at radius 3 is 2.62 bits per heavy atom. The molecule has 0 aromatic heterocycles. The number of carboxylic acids is 1. The van der Waals surface area contributed by atoms with Gasteiger partial charge in [0.15, 0.2) is 0 Å². The van der Waals surface area contributed by atoms with Crippen LogP contribution in [0.5, 0.6) is 0 Å². The molecule has 0 radical (unpaired) electrons. The van der Waals surface area contributed by atoms with E-state index in [1.54, 1.807) is 18.2 Å². The number of anilines is 2. The Labute approximate surface area is 119 Å². The minimum Gasteiger partial charge on any atom is -0.478 e. The van der Waals surface area contributed by atoms with Gasteiger partial charge in [0.05, 0.1) is 4.92 Å². The summed E-state index contributed by atoms with van der Waals surface area (Å²) >= 11 is 0. The quantitative estimate of drug-likeness (QED) is 0.664. The zero-order valence-electron chi connectivity index (χ0n) is 11.0. The Morgan fingerprint density at radius 2 is 2.05 bits per heavy atom. The Hall–Kier alpha value is -2.96. The molecule has 108 valence electrons. The monoisotopic (exact) mass is 290 g/mol. The maximum absolute atomic E-state index is 13.7. The number of nitrogens with zero attached hydrogens (tertiary/aromatic N) is 1. The molecular formula is C14H11FN2O4. The fourth-order valence-corrected chi connectivity index (χ4v) is 1.86. The molecule has 0 heterocycles. The van der Waals surface area contributed by atoms with E-state index in [1.807, 2.05) is 13.0 Å². The summed E-state index contributed by atoms with van der Waals surface area (Å²) in [6.07, 6.45) is 0. The third-order valence-electron chi connectivity index (χ3n) is 2.81. The minimum absolute atomic E-state index is 0.104. The molecule has 0 atom stereocenters. The van der Waals surface area contributed by atoms with E-state index >= 15 is 0 Å². The Kier molecular flexibility index (Phi) is 3.84. The highest BCUT2D eigenvalue weighted by atomic mass is 19.1. The van der Waals surface area contributed by atoms with Gasteiger partial charge >= 0.3 is 5.97 Å². The van der Waals surface area contributed by atoms with Crippen molar-refractivity contribution in [2.24, 2.45) is 0 Å². The molecule has 0 fully saturated rings. The van der Waals surface area contributed by atoms with Crippen LogP contribution in [0.2, 0.25) is 0 Å². The summed E-state index contributed by atoms with van der Waals surface area (Å²) in [5, 5.41) is 22.5. The molecule has 0 aliphatic rings. The van der Waals surface area contributed by atoms with Crippen LogP contribution < -0.4 is 5.32 Å². The third-order valence-corrected chi connectivity index (χ3v) is 2.81. The van der Waals surface area contributed by atoms with Crippen LogP contribution in [0.25, 0.3) is 0 Å². The van der Waals surface area contributed by atoms with Crippen LogP contribution in [-0.2, 0) is 0 Å².